The zero-order valence-electron chi connectivity index (χ0n) is 10.0. The summed E-state index contributed by atoms with van der Waals surface area (Å²) in [6.45, 7) is 0. The molecule has 0 aromatic heterocycles. The van der Waals surface area contributed by atoms with Gasteiger partial charge in [-0.1, -0.05) is 12.8 Å². The summed E-state index contributed by atoms with van der Waals surface area (Å²) in [5, 5.41) is 2.34. The number of nitrogens with zero attached hydrogens (tertiary/aromatic N) is 1. The van der Waals surface area contributed by atoms with Crippen LogP contribution in [0.25, 0.3) is 0 Å². The van der Waals surface area contributed by atoms with Gasteiger partial charge in [-0.15, -0.1) is 0 Å². The SMILES string of the molecule is CN(C)C.O=C1CCCCCCC(=O)N1. The zero-order chi connectivity index (χ0) is 11.7. The third-order valence-electron chi connectivity index (χ3n) is 1.84. The third-order valence-corrected chi connectivity index (χ3v) is 1.84. The number of hydrogen-bond acceptors (Lipinski definition) is 3. The minimum atomic E-state index is -0.114. The summed E-state index contributed by atoms with van der Waals surface area (Å²) in [5.74, 6) is -0.228. The van der Waals surface area contributed by atoms with Crippen LogP contribution in [-0.4, -0.2) is 37.9 Å². The van der Waals surface area contributed by atoms with E-state index in [4.69, 9.17) is 0 Å². The number of nitrogens with one attached hydrogen (secondary N) is 1. The summed E-state index contributed by atoms with van der Waals surface area (Å²) in [4.78, 5) is 23.7. The molecular formula is C11H22N2O2. The summed E-state index contributed by atoms with van der Waals surface area (Å²) in [5.41, 5.74) is 0. The molecule has 0 spiro atoms. The predicted molar refractivity (Wildman–Crippen MR) is 60.5 cm³/mol. The van der Waals surface area contributed by atoms with Gasteiger partial charge in [0.15, 0.2) is 0 Å². The van der Waals surface area contributed by atoms with Crippen molar-refractivity contribution in [2.75, 3.05) is 21.1 Å². The average Bonchev–Trinajstić information content (AvgIpc) is 2.16. The maximum atomic E-state index is 10.9. The van der Waals surface area contributed by atoms with E-state index in [9.17, 15) is 9.59 Å². The van der Waals surface area contributed by atoms with E-state index in [-0.39, 0.29) is 11.8 Å². The summed E-state index contributed by atoms with van der Waals surface area (Å²) >= 11 is 0. The van der Waals surface area contributed by atoms with Gasteiger partial charge in [-0.05, 0) is 34.0 Å². The molecule has 1 aliphatic heterocycles. The molecule has 88 valence electrons. The fourth-order valence-electron chi connectivity index (χ4n) is 1.21. The Kier molecular flexibility index (Phi) is 7.91. The Bertz CT molecular complexity index is 182. The first kappa shape index (κ1) is 14.1. The average molecular weight is 214 g/mol. The predicted octanol–water partition coefficient (Wildman–Crippen LogP) is 1.16. The maximum Gasteiger partial charge on any atom is 0.226 e. The van der Waals surface area contributed by atoms with Crippen LogP contribution >= 0.6 is 0 Å². The van der Waals surface area contributed by atoms with Crippen molar-refractivity contribution in [3.8, 4) is 0 Å². The highest BCUT2D eigenvalue weighted by atomic mass is 16.2. The van der Waals surface area contributed by atoms with Crippen molar-refractivity contribution in [3.05, 3.63) is 0 Å². The molecule has 0 radical (unpaired) electrons. The molecule has 0 atom stereocenters. The third kappa shape index (κ3) is 11.0. The van der Waals surface area contributed by atoms with E-state index in [0.29, 0.717) is 12.8 Å². The highest BCUT2D eigenvalue weighted by Crippen LogP contribution is 2.07. The lowest BCUT2D eigenvalue weighted by Crippen LogP contribution is -2.29. The van der Waals surface area contributed by atoms with Crippen molar-refractivity contribution in [1.82, 2.24) is 10.2 Å². The molecule has 1 fully saturated rings. The number of carbonyl (C=O) groups excluding carboxylic acids is 2. The first-order chi connectivity index (χ1) is 7.02. The van der Waals surface area contributed by atoms with Gasteiger partial charge in [0, 0.05) is 12.8 Å². The standard InChI is InChI=1S/C8H13NO2.C3H9N/c10-7-5-3-1-2-4-6-8(11)9-7;1-4(2)3/h1-6H2,(H,9,10,11);1-3H3. The second kappa shape index (κ2) is 8.41. The van der Waals surface area contributed by atoms with E-state index in [0.717, 1.165) is 25.7 Å². The first-order valence-corrected chi connectivity index (χ1v) is 5.46. The highest BCUT2D eigenvalue weighted by molar-refractivity contribution is 5.95. The minimum Gasteiger partial charge on any atom is -0.312 e. The van der Waals surface area contributed by atoms with Crippen LogP contribution < -0.4 is 5.32 Å². The van der Waals surface area contributed by atoms with Gasteiger partial charge in [-0.3, -0.25) is 14.9 Å². The van der Waals surface area contributed by atoms with Crippen LogP contribution in [0.15, 0.2) is 0 Å². The van der Waals surface area contributed by atoms with Crippen LogP contribution in [0.2, 0.25) is 0 Å². The van der Waals surface area contributed by atoms with E-state index < -0.39 is 0 Å². The van der Waals surface area contributed by atoms with E-state index in [2.05, 4.69) is 5.32 Å². The lowest BCUT2D eigenvalue weighted by molar-refractivity contribution is -0.130. The highest BCUT2D eigenvalue weighted by Gasteiger charge is 2.09. The molecule has 0 unspecified atom stereocenters. The second-order valence-corrected chi connectivity index (χ2v) is 4.23. The van der Waals surface area contributed by atoms with Crippen molar-refractivity contribution in [2.24, 2.45) is 0 Å². The Hall–Kier alpha value is -0.900. The topological polar surface area (TPSA) is 49.4 Å². The van der Waals surface area contributed by atoms with Gasteiger partial charge >= 0.3 is 0 Å². The summed E-state index contributed by atoms with van der Waals surface area (Å²) in [6, 6.07) is 0. The number of hydrogen-bond donors (Lipinski definition) is 1. The Morgan fingerprint density at radius 1 is 0.867 bits per heavy atom. The van der Waals surface area contributed by atoms with Crippen molar-refractivity contribution in [3.63, 3.8) is 0 Å². The number of amides is 2. The van der Waals surface area contributed by atoms with Gasteiger partial charge in [0.1, 0.15) is 0 Å². The van der Waals surface area contributed by atoms with E-state index in [1.807, 2.05) is 26.0 Å². The van der Waals surface area contributed by atoms with Gasteiger partial charge in [0.05, 0.1) is 0 Å². The van der Waals surface area contributed by atoms with Crippen LogP contribution in [0.3, 0.4) is 0 Å². The lowest BCUT2D eigenvalue weighted by atomic mass is 10.1. The fourth-order valence-corrected chi connectivity index (χ4v) is 1.21. The molecule has 0 bridgehead atoms. The maximum absolute atomic E-state index is 10.9. The Morgan fingerprint density at radius 3 is 1.53 bits per heavy atom. The summed E-state index contributed by atoms with van der Waals surface area (Å²) < 4.78 is 0. The Labute approximate surface area is 92.0 Å². The van der Waals surface area contributed by atoms with Gasteiger partial charge < -0.3 is 4.90 Å². The second-order valence-electron chi connectivity index (χ2n) is 4.23. The van der Waals surface area contributed by atoms with Gasteiger partial charge in [0.2, 0.25) is 11.8 Å². The molecule has 15 heavy (non-hydrogen) atoms. The molecule has 4 heteroatoms. The normalized spacial score (nSPS) is 18.1. The zero-order valence-corrected chi connectivity index (χ0v) is 10.0. The molecule has 1 rings (SSSR count). The summed E-state index contributed by atoms with van der Waals surface area (Å²) in [6.07, 6.45) is 4.98. The number of rotatable bonds is 0. The van der Waals surface area contributed by atoms with Crippen LogP contribution in [0.4, 0.5) is 0 Å². The van der Waals surface area contributed by atoms with Crippen LogP contribution in [0.1, 0.15) is 38.5 Å². The van der Waals surface area contributed by atoms with E-state index >= 15 is 0 Å². The molecule has 0 aromatic carbocycles. The number of carbonyl (C=O) groups is 2. The van der Waals surface area contributed by atoms with Crippen LogP contribution in [0, 0.1) is 0 Å². The largest absolute Gasteiger partial charge is 0.312 e. The molecule has 1 aliphatic rings. The summed E-state index contributed by atoms with van der Waals surface area (Å²) in [7, 11) is 6.00. The molecular weight excluding hydrogens is 192 g/mol. The van der Waals surface area contributed by atoms with E-state index in [1.165, 1.54) is 0 Å². The quantitative estimate of drug-likeness (QED) is 0.616. The smallest absolute Gasteiger partial charge is 0.226 e. The van der Waals surface area contributed by atoms with Gasteiger partial charge in [-0.25, -0.2) is 0 Å². The lowest BCUT2D eigenvalue weighted by Gasteiger charge is -1.98. The van der Waals surface area contributed by atoms with Gasteiger partial charge in [-0.2, -0.15) is 0 Å². The monoisotopic (exact) mass is 214 g/mol. The minimum absolute atomic E-state index is 0.114. The molecule has 4 nitrogen and oxygen atoms in total. The van der Waals surface area contributed by atoms with E-state index in [1.54, 1.807) is 0 Å². The Morgan fingerprint density at radius 2 is 1.20 bits per heavy atom. The number of imide groups is 1. The van der Waals surface area contributed by atoms with Crippen LogP contribution in [-0.2, 0) is 9.59 Å². The molecule has 0 aromatic rings. The van der Waals surface area contributed by atoms with Crippen molar-refractivity contribution in [2.45, 2.75) is 38.5 Å². The van der Waals surface area contributed by atoms with Crippen LogP contribution in [0.5, 0.6) is 0 Å². The molecule has 2 amide bonds. The van der Waals surface area contributed by atoms with Crippen molar-refractivity contribution in [1.29, 1.82) is 0 Å². The first-order valence-electron chi connectivity index (χ1n) is 5.46. The molecule has 1 saturated heterocycles. The van der Waals surface area contributed by atoms with Crippen molar-refractivity contribution < 1.29 is 9.59 Å². The molecule has 1 N–H and O–H groups in total. The Balaban J connectivity index is 0.000000423. The van der Waals surface area contributed by atoms with Crippen molar-refractivity contribution >= 4 is 11.8 Å². The molecule has 0 aliphatic carbocycles. The molecule has 1 heterocycles. The fraction of sp³-hybridized carbons (Fsp3) is 0.818. The van der Waals surface area contributed by atoms with Gasteiger partial charge in [0.25, 0.3) is 0 Å². The molecule has 0 saturated carbocycles.